The molecule has 4 rings (SSSR count). The summed E-state index contributed by atoms with van der Waals surface area (Å²) in [5.41, 5.74) is 2.37. The quantitative estimate of drug-likeness (QED) is 0.414. The lowest BCUT2D eigenvalue weighted by Crippen LogP contribution is -2.41. The third-order valence-electron chi connectivity index (χ3n) is 10.1. The minimum atomic E-state index is -1.05. The lowest BCUT2D eigenvalue weighted by Gasteiger charge is -2.42. The summed E-state index contributed by atoms with van der Waals surface area (Å²) >= 11 is 0. The molecule has 0 aromatic rings. The molecular formula is C24H46Si2. The first kappa shape index (κ1) is 19.7. The summed E-state index contributed by atoms with van der Waals surface area (Å²) in [7, 11) is -2.10. The Balaban J connectivity index is 1.37. The van der Waals surface area contributed by atoms with Crippen LogP contribution in [0.15, 0.2) is 0 Å². The molecule has 2 heteroatoms. The van der Waals surface area contributed by atoms with Crippen LogP contribution in [0.2, 0.25) is 49.4 Å². The predicted octanol–water partition coefficient (Wildman–Crippen LogP) is 8.34. The third-order valence-corrected chi connectivity index (χ3v) is 19.1. The molecule has 0 nitrogen and oxygen atoms in total. The summed E-state index contributed by atoms with van der Waals surface area (Å²) in [5, 5.41) is 0. The first-order valence-electron chi connectivity index (χ1n) is 12.4. The van der Waals surface area contributed by atoms with Crippen molar-refractivity contribution >= 4 is 16.1 Å². The van der Waals surface area contributed by atoms with Gasteiger partial charge in [-0.05, 0) is 34.8 Å². The lowest BCUT2D eigenvalue weighted by molar-refractivity contribution is 0.274. The van der Waals surface area contributed by atoms with Gasteiger partial charge in [-0.1, -0.05) is 115 Å². The second-order valence-corrected chi connectivity index (χ2v) is 22.7. The first-order chi connectivity index (χ1) is 12.4. The summed E-state index contributed by atoms with van der Waals surface area (Å²) in [5.74, 6) is 4.60. The molecule has 0 aromatic heterocycles. The number of hydrogen-bond acceptors (Lipinski definition) is 0. The summed E-state index contributed by atoms with van der Waals surface area (Å²) in [4.78, 5) is 0. The highest BCUT2D eigenvalue weighted by molar-refractivity contribution is 6.84. The number of fused-ring (bicyclic) bond motifs is 2. The maximum Gasteiger partial charge on any atom is 0.0504 e. The zero-order chi connectivity index (χ0) is 18.4. The van der Waals surface area contributed by atoms with Crippen molar-refractivity contribution in [2.45, 2.75) is 126 Å². The van der Waals surface area contributed by atoms with Gasteiger partial charge in [-0.15, -0.1) is 0 Å². The molecule has 0 aromatic carbocycles. The molecule has 4 aliphatic carbocycles. The molecule has 0 N–H and O–H groups in total. The van der Waals surface area contributed by atoms with Crippen LogP contribution in [0.1, 0.15) is 77.0 Å². The van der Waals surface area contributed by atoms with Crippen LogP contribution >= 0.6 is 0 Å². The SMILES string of the molecule is C[Si](C)(CC[Si](C)(C)C1CCC2CCCCC21)C1CCC2CCCCC21. The largest absolute Gasteiger partial charge is 0.0691 e. The van der Waals surface area contributed by atoms with Crippen molar-refractivity contribution in [1.82, 2.24) is 0 Å². The second kappa shape index (κ2) is 7.69. The van der Waals surface area contributed by atoms with E-state index in [1.807, 2.05) is 0 Å². The maximum atomic E-state index is 2.80. The van der Waals surface area contributed by atoms with E-state index in [-0.39, 0.29) is 0 Å². The maximum absolute atomic E-state index is 2.80. The highest BCUT2D eigenvalue weighted by Crippen LogP contribution is 2.56. The third kappa shape index (κ3) is 3.80. The summed E-state index contributed by atoms with van der Waals surface area (Å²) in [6, 6.07) is 3.35. The van der Waals surface area contributed by atoms with Crippen LogP contribution in [0.5, 0.6) is 0 Å². The number of rotatable bonds is 5. The Morgan fingerprint density at radius 2 is 0.885 bits per heavy atom. The van der Waals surface area contributed by atoms with E-state index in [0.29, 0.717) is 0 Å². The fraction of sp³-hybridized carbons (Fsp3) is 1.00. The second-order valence-electron chi connectivity index (χ2n) is 12.3. The Morgan fingerprint density at radius 3 is 1.31 bits per heavy atom. The van der Waals surface area contributed by atoms with Gasteiger partial charge in [-0.2, -0.15) is 0 Å². The summed E-state index contributed by atoms with van der Waals surface area (Å²) in [6.07, 6.45) is 19.0. The van der Waals surface area contributed by atoms with Crippen molar-refractivity contribution in [3.63, 3.8) is 0 Å². The molecule has 0 bridgehead atoms. The van der Waals surface area contributed by atoms with Crippen LogP contribution in [-0.2, 0) is 0 Å². The smallest absolute Gasteiger partial charge is 0.0504 e. The predicted molar refractivity (Wildman–Crippen MR) is 121 cm³/mol. The van der Waals surface area contributed by atoms with Gasteiger partial charge in [0.05, 0.1) is 16.1 Å². The molecule has 0 aliphatic heterocycles. The van der Waals surface area contributed by atoms with Crippen LogP contribution < -0.4 is 0 Å². The van der Waals surface area contributed by atoms with E-state index in [0.717, 1.165) is 23.7 Å². The van der Waals surface area contributed by atoms with Crippen LogP contribution in [0.4, 0.5) is 0 Å². The van der Waals surface area contributed by atoms with Crippen molar-refractivity contribution in [3.8, 4) is 0 Å². The van der Waals surface area contributed by atoms with Crippen LogP contribution in [0.3, 0.4) is 0 Å². The molecule has 0 heterocycles. The molecule has 4 fully saturated rings. The molecule has 4 saturated carbocycles. The Kier molecular flexibility index (Phi) is 5.84. The summed E-state index contributed by atoms with van der Waals surface area (Å²) < 4.78 is 0. The van der Waals surface area contributed by atoms with Crippen LogP contribution in [0, 0.1) is 23.7 Å². The Morgan fingerprint density at radius 1 is 0.500 bits per heavy atom. The standard InChI is InChI=1S/C24H46Si2/c1-25(2,23-15-13-19-9-5-7-11-21(19)23)17-18-26(3,4)24-16-14-20-10-6-8-12-22(20)24/h19-24H,5-18H2,1-4H3. The van der Waals surface area contributed by atoms with Crippen LogP contribution in [-0.4, -0.2) is 16.1 Å². The van der Waals surface area contributed by atoms with Gasteiger partial charge >= 0.3 is 0 Å². The van der Waals surface area contributed by atoms with Gasteiger partial charge in [0, 0.05) is 0 Å². The molecule has 6 unspecified atom stereocenters. The van der Waals surface area contributed by atoms with E-state index in [1.165, 1.54) is 11.1 Å². The van der Waals surface area contributed by atoms with E-state index >= 15 is 0 Å². The molecule has 26 heavy (non-hydrogen) atoms. The molecule has 150 valence electrons. The van der Waals surface area contributed by atoms with Gasteiger partial charge < -0.3 is 0 Å². The zero-order valence-electron chi connectivity index (χ0n) is 18.4. The van der Waals surface area contributed by atoms with E-state index in [4.69, 9.17) is 0 Å². The summed E-state index contributed by atoms with van der Waals surface area (Å²) in [6.45, 7) is 11.2. The molecular weight excluding hydrogens is 344 g/mol. The molecule has 0 spiro atoms. The van der Waals surface area contributed by atoms with Gasteiger partial charge in [0.25, 0.3) is 0 Å². The van der Waals surface area contributed by atoms with Crippen LogP contribution in [0.25, 0.3) is 0 Å². The molecule has 6 atom stereocenters. The van der Waals surface area contributed by atoms with Gasteiger partial charge in [-0.3, -0.25) is 0 Å². The molecule has 4 aliphatic rings. The fourth-order valence-corrected chi connectivity index (χ4v) is 19.4. The first-order valence-corrected chi connectivity index (χ1v) is 19.0. The van der Waals surface area contributed by atoms with Gasteiger partial charge in [-0.25, -0.2) is 0 Å². The highest BCUT2D eigenvalue weighted by atomic mass is 28.3. The topological polar surface area (TPSA) is 0 Å². The average molecular weight is 391 g/mol. The van der Waals surface area contributed by atoms with Crippen molar-refractivity contribution < 1.29 is 0 Å². The monoisotopic (exact) mass is 390 g/mol. The zero-order valence-corrected chi connectivity index (χ0v) is 20.4. The minimum Gasteiger partial charge on any atom is -0.0691 e. The normalized spacial score (nSPS) is 41.1. The Bertz CT molecular complexity index is 439. The molecule has 0 amide bonds. The molecule has 0 radical (unpaired) electrons. The van der Waals surface area contributed by atoms with E-state index in [2.05, 4.69) is 26.2 Å². The van der Waals surface area contributed by atoms with Gasteiger partial charge in [0.2, 0.25) is 0 Å². The highest BCUT2D eigenvalue weighted by Gasteiger charge is 2.48. The van der Waals surface area contributed by atoms with Crippen molar-refractivity contribution in [1.29, 1.82) is 0 Å². The lowest BCUT2D eigenvalue weighted by atomic mass is 9.82. The Hall–Kier alpha value is 0.434. The van der Waals surface area contributed by atoms with E-state index in [1.54, 1.807) is 89.1 Å². The van der Waals surface area contributed by atoms with Gasteiger partial charge in [0.15, 0.2) is 0 Å². The number of hydrogen-bond donors (Lipinski definition) is 0. The average Bonchev–Trinajstić information content (AvgIpc) is 3.25. The molecule has 0 saturated heterocycles. The van der Waals surface area contributed by atoms with Crippen molar-refractivity contribution in [2.75, 3.05) is 0 Å². The fourth-order valence-electron chi connectivity index (χ4n) is 8.42. The van der Waals surface area contributed by atoms with Crippen molar-refractivity contribution in [3.05, 3.63) is 0 Å². The van der Waals surface area contributed by atoms with Gasteiger partial charge in [0.1, 0.15) is 0 Å². The minimum absolute atomic E-state index is 1.05. The van der Waals surface area contributed by atoms with E-state index < -0.39 is 16.1 Å². The van der Waals surface area contributed by atoms with Crippen molar-refractivity contribution in [2.24, 2.45) is 23.7 Å². The van der Waals surface area contributed by atoms with E-state index in [9.17, 15) is 0 Å². The Labute approximate surface area is 166 Å².